The van der Waals surface area contributed by atoms with E-state index in [1.165, 1.54) is 23.1 Å². The maximum Gasteiger partial charge on any atom is 0.326 e. The molecule has 0 atom stereocenters. The van der Waals surface area contributed by atoms with Crippen molar-refractivity contribution in [1.29, 1.82) is 0 Å². The molecule has 28 heavy (non-hydrogen) atoms. The fourth-order valence-corrected chi connectivity index (χ4v) is 3.76. The highest BCUT2D eigenvalue weighted by molar-refractivity contribution is 7.15. The van der Waals surface area contributed by atoms with Gasteiger partial charge in [0.1, 0.15) is 5.82 Å². The van der Waals surface area contributed by atoms with E-state index in [0.29, 0.717) is 31.0 Å². The molecule has 2 aromatic carbocycles. The minimum Gasteiger partial charge on any atom is -0.329 e. The molecular formula is C20H20ClFN4OS. The van der Waals surface area contributed by atoms with Crippen LogP contribution in [0.25, 0.3) is 10.4 Å². The zero-order chi connectivity index (χ0) is 20.1. The first kappa shape index (κ1) is 20.3. The highest BCUT2D eigenvalue weighted by Gasteiger charge is 2.16. The number of hydrogen-bond donors (Lipinski definition) is 3. The predicted octanol–water partition coefficient (Wildman–Crippen LogP) is 4.66. The molecule has 0 spiro atoms. The van der Waals surface area contributed by atoms with Gasteiger partial charge in [-0.1, -0.05) is 23.7 Å². The summed E-state index contributed by atoms with van der Waals surface area (Å²) in [5.74, 6) is -0.541. The van der Waals surface area contributed by atoms with Crippen LogP contribution in [-0.2, 0) is 6.54 Å². The summed E-state index contributed by atoms with van der Waals surface area (Å²) in [6, 6.07) is 15.3. The van der Waals surface area contributed by atoms with E-state index in [-0.39, 0.29) is 11.1 Å². The fourth-order valence-electron chi connectivity index (χ4n) is 2.69. The molecule has 0 saturated heterocycles. The standard InChI is InChI=1S/C20H20ClFN4OS/c21-17-11-14(3-7-18(17)22)25-20(27)26(10-9-23)15-4-1-13(2-5-15)19-8-6-16(12-24)28-19/h1-8,11H,9-10,12,23-24H2,(H,25,27). The van der Waals surface area contributed by atoms with Gasteiger partial charge in [0.25, 0.3) is 0 Å². The van der Waals surface area contributed by atoms with Crippen LogP contribution in [0, 0.1) is 5.82 Å². The molecule has 0 saturated carbocycles. The molecule has 3 aromatic rings. The molecule has 0 aliphatic heterocycles. The maximum atomic E-state index is 13.3. The Labute approximate surface area is 171 Å². The molecule has 146 valence electrons. The van der Waals surface area contributed by atoms with Gasteiger partial charge in [-0.15, -0.1) is 11.3 Å². The highest BCUT2D eigenvalue weighted by Crippen LogP contribution is 2.30. The minimum atomic E-state index is -0.541. The van der Waals surface area contributed by atoms with Gasteiger partial charge in [0, 0.05) is 40.8 Å². The summed E-state index contributed by atoms with van der Waals surface area (Å²) in [4.78, 5) is 16.5. The zero-order valence-electron chi connectivity index (χ0n) is 15.0. The fraction of sp³-hybridized carbons (Fsp3) is 0.150. The number of thiophene rings is 1. The number of rotatable bonds is 6. The Kier molecular flexibility index (Phi) is 6.64. The number of nitrogens with one attached hydrogen (secondary N) is 1. The van der Waals surface area contributed by atoms with Gasteiger partial charge in [-0.25, -0.2) is 9.18 Å². The van der Waals surface area contributed by atoms with Crippen molar-refractivity contribution in [2.75, 3.05) is 23.3 Å². The van der Waals surface area contributed by atoms with Gasteiger partial charge in [-0.05, 0) is 48.0 Å². The number of benzene rings is 2. The third kappa shape index (κ3) is 4.69. The van der Waals surface area contributed by atoms with Crippen LogP contribution in [0.3, 0.4) is 0 Å². The molecule has 0 unspecified atom stereocenters. The first-order valence-electron chi connectivity index (χ1n) is 8.64. The van der Waals surface area contributed by atoms with Crippen LogP contribution in [0.4, 0.5) is 20.6 Å². The lowest BCUT2D eigenvalue weighted by Gasteiger charge is -2.23. The minimum absolute atomic E-state index is 0.0553. The summed E-state index contributed by atoms with van der Waals surface area (Å²) < 4.78 is 13.3. The van der Waals surface area contributed by atoms with E-state index in [4.69, 9.17) is 23.1 Å². The average Bonchev–Trinajstić information content (AvgIpc) is 3.18. The molecule has 0 radical (unpaired) electrons. The summed E-state index contributed by atoms with van der Waals surface area (Å²) in [6.45, 7) is 1.14. The van der Waals surface area contributed by atoms with Crippen molar-refractivity contribution in [2.45, 2.75) is 6.54 Å². The number of carbonyl (C=O) groups excluding carboxylic acids is 1. The smallest absolute Gasteiger partial charge is 0.326 e. The quantitative estimate of drug-likeness (QED) is 0.544. The van der Waals surface area contributed by atoms with Crippen LogP contribution in [-0.4, -0.2) is 19.1 Å². The molecule has 0 aliphatic carbocycles. The van der Waals surface area contributed by atoms with Crippen LogP contribution < -0.4 is 21.7 Å². The molecule has 1 aromatic heterocycles. The Morgan fingerprint density at radius 1 is 1.11 bits per heavy atom. The molecule has 0 aliphatic rings. The van der Waals surface area contributed by atoms with Crippen molar-refractivity contribution in [1.82, 2.24) is 0 Å². The predicted molar refractivity (Wildman–Crippen MR) is 114 cm³/mol. The number of urea groups is 1. The summed E-state index contributed by atoms with van der Waals surface area (Å²) in [5, 5.41) is 2.66. The van der Waals surface area contributed by atoms with Gasteiger partial charge >= 0.3 is 6.03 Å². The Hall–Kier alpha value is -2.45. The highest BCUT2D eigenvalue weighted by atomic mass is 35.5. The van der Waals surface area contributed by atoms with Crippen LogP contribution >= 0.6 is 22.9 Å². The molecule has 5 nitrogen and oxygen atoms in total. The molecule has 1 heterocycles. The summed E-state index contributed by atoms with van der Waals surface area (Å²) in [7, 11) is 0. The van der Waals surface area contributed by atoms with Gasteiger partial charge < -0.3 is 16.8 Å². The molecule has 3 rings (SSSR count). The molecular weight excluding hydrogens is 399 g/mol. The lowest BCUT2D eigenvalue weighted by atomic mass is 10.1. The van der Waals surface area contributed by atoms with Gasteiger partial charge in [-0.3, -0.25) is 4.90 Å². The Morgan fingerprint density at radius 3 is 2.46 bits per heavy atom. The number of nitrogens with zero attached hydrogens (tertiary/aromatic N) is 1. The lowest BCUT2D eigenvalue weighted by Crippen LogP contribution is -2.38. The van der Waals surface area contributed by atoms with Crippen molar-refractivity contribution in [3.05, 3.63) is 70.3 Å². The maximum absolute atomic E-state index is 13.3. The van der Waals surface area contributed by atoms with Crippen molar-refractivity contribution in [3.8, 4) is 10.4 Å². The van der Waals surface area contributed by atoms with Crippen LogP contribution in [0.1, 0.15) is 4.88 Å². The average molecular weight is 419 g/mol. The number of anilines is 2. The number of hydrogen-bond acceptors (Lipinski definition) is 4. The number of nitrogens with two attached hydrogens (primary N) is 2. The Bertz CT molecular complexity index is 961. The van der Waals surface area contributed by atoms with Gasteiger partial charge in [0.15, 0.2) is 0 Å². The number of halogens is 2. The number of carbonyl (C=O) groups is 1. The van der Waals surface area contributed by atoms with Gasteiger partial charge in [-0.2, -0.15) is 0 Å². The van der Waals surface area contributed by atoms with E-state index in [2.05, 4.69) is 5.32 Å². The van der Waals surface area contributed by atoms with E-state index >= 15 is 0 Å². The van der Waals surface area contributed by atoms with Crippen LogP contribution in [0.15, 0.2) is 54.6 Å². The first-order valence-corrected chi connectivity index (χ1v) is 9.84. The summed E-state index contributed by atoms with van der Waals surface area (Å²) in [6.07, 6.45) is 0. The van der Waals surface area contributed by atoms with E-state index in [9.17, 15) is 9.18 Å². The van der Waals surface area contributed by atoms with E-state index in [0.717, 1.165) is 15.3 Å². The second-order valence-electron chi connectivity index (χ2n) is 6.02. The number of amides is 2. The van der Waals surface area contributed by atoms with Crippen molar-refractivity contribution >= 4 is 40.3 Å². The van der Waals surface area contributed by atoms with Crippen molar-refractivity contribution in [3.63, 3.8) is 0 Å². The molecule has 0 bridgehead atoms. The third-order valence-corrected chi connectivity index (χ3v) is 5.54. The zero-order valence-corrected chi connectivity index (χ0v) is 16.6. The van der Waals surface area contributed by atoms with Crippen molar-refractivity contribution < 1.29 is 9.18 Å². The molecule has 5 N–H and O–H groups in total. The van der Waals surface area contributed by atoms with E-state index in [1.54, 1.807) is 11.3 Å². The second kappa shape index (κ2) is 9.16. The van der Waals surface area contributed by atoms with E-state index < -0.39 is 5.82 Å². The van der Waals surface area contributed by atoms with Crippen molar-refractivity contribution in [2.24, 2.45) is 11.5 Å². The lowest BCUT2D eigenvalue weighted by molar-refractivity contribution is 0.257. The molecule has 0 fully saturated rings. The Balaban J connectivity index is 1.78. The van der Waals surface area contributed by atoms with E-state index in [1.807, 2.05) is 36.4 Å². The first-order chi connectivity index (χ1) is 13.5. The largest absolute Gasteiger partial charge is 0.329 e. The second-order valence-corrected chi connectivity index (χ2v) is 7.59. The van der Waals surface area contributed by atoms with Gasteiger partial charge in [0.05, 0.1) is 5.02 Å². The third-order valence-electron chi connectivity index (χ3n) is 4.10. The van der Waals surface area contributed by atoms with Crippen LogP contribution in [0.5, 0.6) is 0 Å². The topological polar surface area (TPSA) is 84.4 Å². The summed E-state index contributed by atoms with van der Waals surface area (Å²) >= 11 is 7.42. The SMILES string of the molecule is NCCN(C(=O)Nc1ccc(F)c(Cl)c1)c1ccc(-c2ccc(CN)s2)cc1. The van der Waals surface area contributed by atoms with Gasteiger partial charge in [0.2, 0.25) is 0 Å². The Morgan fingerprint density at radius 2 is 1.86 bits per heavy atom. The van der Waals surface area contributed by atoms with Crippen LogP contribution in [0.2, 0.25) is 5.02 Å². The molecule has 8 heteroatoms. The monoisotopic (exact) mass is 418 g/mol. The molecule has 2 amide bonds. The summed E-state index contributed by atoms with van der Waals surface area (Å²) in [5.41, 5.74) is 13.5. The normalized spacial score (nSPS) is 10.7.